The molecule has 1 aromatic rings. The van der Waals surface area contributed by atoms with E-state index in [-0.39, 0.29) is 5.75 Å². The van der Waals surface area contributed by atoms with Crippen molar-refractivity contribution in [3.63, 3.8) is 0 Å². The van der Waals surface area contributed by atoms with Gasteiger partial charge in [0.2, 0.25) is 0 Å². The Kier molecular flexibility index (Phi) is 5.19. The van der Waals surface area contributed by atoms with E-state index in [9.17, 15) is 8.42 Å². The molecule has 0 aliphatic rings. The smallest absolute Gasteiger partial charge is 0.183 e. The molecule has 5 nitrogen and oxygen atoms in total. The number of amidine groups is 1. The monoisotopic (exact) mass is 283 g/mol. The van der Waals surface area contributed by atoms with Crippen LogP contribution in [-0.2, 0) is 15.6 Å². The van der Waals surface area contributed by atoms with Crippen LogP contribution in [0.3, 0.4) is 0 Å². The summed E-state index contributed by atoms with van der Waals surface area (Å²) in [6, 6.07) is 6.86. The number of nitrogens with one attached hydrogen (secondary N) is 1. The van der Waals surface area contributed by atoms with Gasteiger partial charge in [0, 0.05) is 6.26 Å². The van der Waals surface area contributed by atoms with Gasteiger partial charge < -0.3 is 0 Å². The number of benzene rings is 1. The summed E-state index contributed by atoms with van der Waals surface area (Å²) < 4.78 is 22.2. The number of rotatable bonds is 3. The molecule has 0 fully saturated rings. The predicted octanol–water partition coefficient (Wildman–Crippen LogP) is 1.65. The second-order valence-electron chi connectivity index (χ2n) is 3.59. The van der Waals surface area contributed by atoms with E-state index in [1.165, 1.54) is 18.0 Å². The minimum atomic E-state index is -3.02. The zero-order chi connectivity index (χ0) is 13.6. The standard InChI is InChI=1S/C11H13N3O2S2/c1-17-11(13-8-12)14-10-5-3-9(4-6-10)7-18(2,15)16/h3-6H,7H2,1-2H3,(H,13,14). The molecule has 0 heterocycles. The van der Waals surface area contributed by atoms with E-state index in [1.807, 2.05) is 0 Å². The minimum absolute atomic E-state index is 0.0167. The van der Waals surface area contributed by atoms with Crippen molar-refractivity contribution in [2.24, 2.45) is 4.99 Å². The molecule has 0 radical (unpaired) electrons. The largest absolute Gasteiger partial charge is 0.271 e. The van der Waals surface area contributed by atoms with Crippen LogP contribution in [0.1, 0.15) is 5.56 Å². The second kappa shape index (κ2) is 6.42. The van der Waals surface area contributed by atoms with Crippen LogP contribution < -0.4 is 5.32 Å². The van der Waals surface area contributed by atoms with Gasteiger partial charge >= 0.3 is 0 Å². The first-order chi connectivity index (χ1) is 8.44. The molecule has 18 heavy (non-hydrogen) atoms. The Morgan fingerprint density at radius 1 is 1.44 bits per heavy atom. The zero-order valence-corrected chi connectivity index (χ0v) is 11.7. The Morgan fingerprint density at radius 3 is 2.50 bits per heavy atom. The number of nitriles is 1. The molecule has 0 aliphatic heterocycles. The van der Waals surface area contributed by atoms with E-state index in [1.54, 1.807) is 36.7 Å². The van der Waals surface area contributed by atoms with Crippen LogP contribution in [-0.4, -0.2) is 26.1 Å². The Bertz CT molecular complexity index is 571. The summed E-state index contributed by atoms with van der Waals surface area (Å²) in [4.78, 5) is 4.20. The molecule has 0 aromatic heterocycles. The lowest BCUT2D eigenvalue weighted by Gasteiger charge is -2.02. The Labute approximate surface area is 111 Å². The van der Waals surface area contributed by atoms with Crippen LogP contribution in [0.25, 0.3) is 0 Å². The topological polar surface area (TPSA) is 82.3 Å². The van der Waals surface area contributed by atoms with Crippen LogP contribution in [0.2, 0.25) is 0 Å². The maximum atomic E-state index is 11.1. The van der Waals surface area contributed by atoms with Crippen LogP contribution in [0.15, 0.2) is 29.3 Å². The summed E-state index contributed by atoms with van der Waals surface area (Å²) in [6.07, 6.45) is 4.80. The van der Waals surface area contributed by atoms with Gasteiger partial charge in [-0.2, -0.15) is 5.26 Å². The highest BCUT2D eigenvalue weighted by Gasteiger charge is 2.04. The highest BCUT2D eigenvalue weighted by Crippen LogP contribution is 2.16. The number of nitrogens with zero attached hydrogens (tertiary/aromatic N) is 2. The van der Waals surface area contributed by atoms with Crippen LogP contribution in [0.4, 0.5) is 5.69 Å². The molecule has 0 spiro atoms. The Morgan fingerprint density at radius 2 is 2.06 bits per heavy atom. The van der Waals surface area contributed by atoms with Crippen molar-refractivity contribution in [1.29, 1.82) is 5.26 Å². The first kappa shape index (κ1) is 14.5. The van der Waals surface area contributed by atoms with Gasteiger partial charge in [0.15, 0.2) is 21.2 Å². The molecule has 0 amide bonds. The lowest BCUT2D eigenvalue weighted by Crippen LogP contribution is -2.12. The molecular formula is C11H13N3O2S2. The number of aliphatic imine (C=N–C) groups is 1. The third kappa shape index (κ3) is 5.21. The molecule has 0 bridgehead atoms. The molecule has 0 unspecified atom stereocenters. The molecule has 0 atom stereocenters. The van der Waals surface area contributed by atoms with Crippen molar-refractivity contribution in [2.75, 3.05) is 12.5 Å². The maximum absolute atomic E-state index is 11.1. The SMILES string of the molecule is CSC(=Nc1ccc(CS(C)(=O)=O)cc1)NC#N. The quantitative estimate of drug-likeness (QED) is 0.395. The van der Waals surface area contributed by atoms with E-state index < -0.39 is 9.84 Å². The van der Waals surface area contributed by atoms with Gasteiger partial charge in [0.1, 0.15) is 0 Å². The molecule has 1 aromatic carbocycles. The van der Waals surface area contributed by atoms with Gasteiger partial charge in [-0.1, -0.05) is 23.9 Å². The second-order valence-corrected chi connectivity index (χ2v) is 6.53. The molecule has 0 saturated carbocycles. The van der Waals surface area contributed by atoms with E-state index in [4.69, 9.17) is 5.26 Å². The van der Waals surface area contributed by atoms with Crippen LogP contribution in [0, 0.1) is 11.5 Å². The van der Waals surface area contributed by atoms with E-state index in [2.05, 4.69) is 10.3 Å². The van der Waals surface area contributed by atoms with Crippen molar-refractivity contribution in [3.8, 4) is 6.19 Å². The number of thioether (sulfide) groups is 1. The summed E-state index contributed by atoms with van der Waals surface area (Å²) in [5.74, 6) is 0.0167. The Hall–Kier alpha value is -1.52. The van der Waals surface area contributed by atoms with Crippen molar-refractivity contribution < 1.29 is 8.42 Å². The van der Waals surface area contributed by atoms with Crippen LogP contribution >= 0.6 is 11.8 Å². The highest BCUT2D eigenvalue weighted by molar-refractivity contribution is 8.13. The predicted molar refractivity (Wildman–Crippen MR) is 74.3 cm³/mol. The molecule has 1 rings (SSSR count). The zero-order valence-electron chi connectivity index (χ0n) is 10.0. The third-order valence-corrected chi connectivity index (χ3v) is 3.39. The molecule has 0 saturated heterocycles. The van der Waals surface area contributed by atoms with Gasteiger partial charge in [0.25, 0.3) is 0 Å². The fraction of sp³-hybridized carbons (Fsp3) is 0.273. The summed E-state index contributed by atoms with van der Waals surface area (Å²) in [5, 5.41) is 11.4. The number of hydrogen-bond donors (Lipinski definition) is 1. The molecule has 0 aliphatic carbocycles. The van der Waals surface area contributed by atoms with Gasteiger partial charge in [-0.05, 0) is 24.0 Å². The summed E-state index contributed by atoms with van der Waals surface area (Å²) in [5.41, 5.74) is 1.38. The average Bonchev–Trinajstić information content (AvgIpc) is 2.29. The lowest BCUT2D eigenvalue weighted by atomic mass is 10.2. The van der Waals surface area contributed by atoms with Crippen molar-refractivity contribution in [3.05, 3.63) is 29.8 Å². The van der Waals surface area contributed by atoms with Gasteiger partial charge in [-0.3, -0.25) is 5.32 Å². The van der Waals surface area contributed by atoms with Crippen molar-refractivity contribution >= 4 is 32.5 Å². The molecule has 1 N–H and O–H groups in total. The Balaban J connectivity index is 2.86. The lowest BCUT2D eigenvalue weighted by molar-refractivity contribution is 0.601. The van der Waals surface area contributed by atoms with Crippen molar-refractivity contribution in [1.82, 2.24) is 5.32 Å². The first-order valence-corrected chi connectivity index (χ1v) is 8.27. The van der Waals surface area contributed by atoms with Gasteiger partial charge in [-0.25, -0.2) is 13.4 Å². The van der Waals surface area contributed by atoms with Crippen LogP contribution in [0.5, 0.6) is 0 Å². The van der Waals surface area contributed by atoms with Crippen molar-refractivity contribution in [2.45, 2.75) is 5.75 Å². The minimum Gasteiger partial charge on any atom is -0.271 e. The number of sulfone groups is 1. The molecular weight excluding hydrogens is 270 g/mol. The first-order valence-electron chi connectivity index (χ1n) is 4.99. The average molecular weight is 283 g/mol. The number of hydrogen-bond acceptors (Lipinski definition) is 5. The fourth-order valence-corrected chi connectivity index (χ4v) is 2.40. The van der Waals surface area contributed by atoms with E-state index >= 15 is 0 Å². The fourth-order valence-electron chi connectivity index (χ4n) is 1.26. The normalized spacial score (nSPS) is 11.9. The van der Waals surface area contributed by atoms with Gasteiger partial charge in [0.05, 0.1) is 11.4 Å². The summed E-state index contributed by atoms with van der Waals surface area (Å²) in [7, 11) is -3.02. The highest BCUT2D eigenvalue weighted by atomic mass is 32.2. The summed E-state index contributed by atoms with van der Waals surface area (Å²) >= 11 is 1.32. The summed E-state index contributed by atoms with van der Waals surface area (Å²) in [6.45, 7) is 0. The third-order valence-electron chi connectivity index (χ3n) is 1.95. The van der Waals surface area contributed by atoms with E-state index in [0.29, 0.717) is 10.9 Å². The van der Waals surface area contributed by atoms with Gasteiger partial charge in [-0.15, -0.1) is 0 Å². The maximum Gasteiger partial charge on any atom is 0.183 e. The molecule has 96 valence electrons. The molecule has 7 heteroatoms. The van der Waals surface area contributed by atoms with E-state index in [0.717, 1.165) is 5.56 Å².